The van der Waals surface area contributed by atoms with Crippen LogP contribution in [0.2, 0.25) is 0 Å². The molecule has 0 fully saturated rings. The minimum Gasteiger partial charge on any atom is -0.399 e. The van der Waals surface area contributed by atoms with Gasteiger partial charge in [-0.1, -0.05) is 72.8 Å². The third-order valence-electron chi connectivity index (χ3n) is 3.82. The zero-order valence-electron chi connectivity index (χ0n) is 12.1. The maximum Gasteiger partial charge on any atom is 0.0591 e. The molecule has 2 N–H and O–H groups in total. The highest BCUT2D eigenvalue weighted by molar-refractivity contribution is 8.93. The van der Waals surface area contributed by atoms with Gasteiger partial charge in [-0.15, -0.1) is 26.2 Å². The molecule has 112 valence electrons. The van der Waals surface area contributed by atoms with Crippen LogP contribution < -0.4 is 5.73 Å². The molecule has 0 heterocycles. The largest absolute Gasteiger partial charge is 0.399 e. The van der Waals surface area contributed by atoms with Crippen molar-refractivity contribution in [3.63, 3.8) is 0 Å². The SMILES string of the molecule is Br.Nc1ccc(C(P)(c2ccccc2)c2ccccc2)cc1. The number of anilines is 1. The number of nitrogens with two attached hydrogens (primary N) is 1. The van der Waals surface area contributed by atoms with Gasteiger partial charge in [0.2, 0.25) is 0 Å². The van der Waals surface area contributed by atoms with E-state index in [1.807, 2.05) is 24.3 Å². The zero-order chi connectivity index (χ0) is 14.7. The van der Waals surface area contributed by atoms with Gasteiger partial charge >= 0.3 is 0 Å². The summed E-state index contributed by atoms with van der Waals surface area (Å²) in [6.45, 7) is 0. The van der Waals surface area contributed by atoms with Gasteiger partial charge < -0.3 is 5.73 Å². The van der Waals surface area contributed by atoms with Crippen molar-refractivity contribution >= 4 is 31.9 Å². The Balaban J connectivity index is 0.00000176. The molecule has 1 atom stereocenters. The quantitative estimate of drug-likeness (QED) is 0.390. The molecule has 3 rings (SSSR count). The number of benzene rings is 3. The van der Waals surface area contributed by atoms with Crippen LogP contribution in [-0.4, -0.2) is 0 Å². The molecule has 3 aromatic carbocycles. The standard InChI is InChI=1S/C19H18NP.BrH/c20-18-13-11-17(12-14-18)19(21,15-7-3-1-4-8-15)16-9-5-2-6-10-16;/h1-14H,20-21H2;1H. The second kappa shape index (κ2) is 7.09. The zero-order valence-corrected chi connectivity index (χ0v) is 15.0. The van der Waals surface area contributed by atoms with E-state index in [2.05, 4.69) is 69.9 Å². The lowest BCUT2D eigenvalue weighted by molar-refractivity contribution is 0.897. The maximum absolute atomic E-state index is 5.84. The molecule has 22 heavy (non-hydrogen) atoms. The predicted molar refractivity (Wildman–Crippen MR) is 104 cm³/mol. The minimum absolute atomic E-state index is 0. The first kappa shape index (κ1) is 16.7. The topological polar surface area (TPSA) is 26.0 Å². The Morgan fingerprint density at radius 3 is 1.36 bits per heavy atom. The summed E-state index contributed by atoms with van der Waals surface area (Å²) in [6.07, 6.45) is 0. The van der Waals surface area contributed by atoms with Gasteiger partial charge in [0.05, 0.1) is 5.16 Å². The molecule has 0 spiro atoms. The summed E-state index contributed by atoms with van der Waals surface area (Å²) in [7, 11) is 3.03. The van der Waals surface area contributed by atoms with Crippen molar-refractivity contribution in [1.29, 1.82) is 0 Å². The Morgan fingerprint density at radius 2 is 0.955 bits per heavy atom. The Bertz CT molecular complexity index is 672. The average Bonchev–Trinajstić information content (AvgIpc) is 2.56. The van der Waals surface area contributed by atoms with Crippen LogP contribution in [0.1, 0.15) is 16.7 Å². The predicted octanol–water partition coefficient (Wildman–Crippen LogP) is 5.01. The van der Waals surface area contributed by atoms with Crippen LogP contribution in [0.3, 0.4) is 0 Å². The van der Waals surface area contributed by atoms with E-state index in [1.54, 1.807) is 0 Å². The Labute approximate surface area is 144 Å². The Morgan fingerprint density at radius 1 is 0.591 bits per heavy atom. The molecule has 3 aromatic rings. The maximum atomic E-state index is 5.84. The molecule has 0 bridgehead atoms. The van der Waals surface area contributed by atoms with Crippen LogP contribution in [0.5, 0.6) is 0 Å². The lowest BCUT2D eigenvalue weighted by Crippen LogP contribution is -2.21. The highest BCUT2D eigenvalue weighted by Crippen LogP contribution is 2.44. The third-order valence-corrected chi connectivity index (χ3v) is 4.82. The van der Waals surface area contributed by atoms with E-state index in [0.717, 1.165) is 5.69 Å². The van der Waals surface area contributed by atoms with Gasteiger partial charge in [0.25, 0.3) is 0 Å². The van der Waals surface area contributed by atoms with Gasteiger partial charge in [-0.3, -0.25) is 0 Å². The first-order valence-corrected chi connectivity index (χ1v) is 7.55. The van der Waals surface area contributed by atoms with Crippen molar-refractivity contribution in [2.24, 2.45) is 0 Å². The van der Waals surface area contributed by atoms with Crippen LogP contribution in [0.25, 0.3) is 0 Å². The van der Waals surface area contributed by atoms with Crippen molar-refractivity contribution in [1.82, 2.24) is 0 Å². The van der Waals surface area contributed by atoms with Crippen LogP contribution >= 0.6 is 26.2 Å². The van der Waals surface area contributed by atoms with Crippen LogP contribution in [-0.2, 0) is 5.16 Å². The monoisotopic (exact) mass is 371 g/mol. The van der Waals surface area contributed by atoms with Crippen LogP contribution in [0.4, 0.5) is 5.69 Å². The van der Waals surface area contributed by atoms with E-state index in [4.69, 9.17) is 5.73 Å². The van der Waals surface area contributed by atoms with Crippen LogP contribution in [0.15, 0.2) is 84.9 Å². The van der Waals surface area contributed by atoms with Gasteiger partial charge in [0, 0.05) is 5.69 Å². The summed E-state index contributed by atoms with van der Waals surface area (Å²) in [5, 5.41) is -0.268. The first-order valence-electron chi connectivity index (χ1n) is 6.97. The second-order valence-electron chi connectivity index (χ2n) is 5.16. The fraction of sp³-hybridized carbons (Fsp3) is 0.0526. The van der Waals surface area contributed by atoms with Gasteiger partial charge in [0.1, 0.15) is 0 Å². The molecule has 3 heteroatoms. The third kappa shape index (κ3) is 3.09. The molecule has 1 unspecified atom stereocenters. The molecule has 0 aromatic heterocycles. The number of nitrogen functional groups attached to an aromatic ring is 1. The molecule has 1 nitrogen and oxygen atoms in total. The number of hydrogen-bond donors (Lipinski definition) is 1. The summed E-state index contributed by atoms with van der Waals surface area (Å²) in [4.78, 5) is 0. The van der Waals surface area contributed by atoms with Gasteiger partial charge in [-0.2, -0.15) is 0 Å². The molecule has 0 aliphatic carbocycles. The molecular weight excluding hydrogens is 353 g/mol. The van der Waals surface area contributed by atoms with E-state index in [9.17, 15) is 0 Å². The second-order valence-corrected chi connectivity index (χ2v) is 6.03. The van der Waals surface area contributed by atoms with Crippen molar-refractivity contribution < 1.29 is 0 Å². The summed E-state index contributed by atoms with van der Waals surface area (Å²) in [6, 6.07) is 29.2. The smallest absolute Gasteiger partial charge is 0.0591 e. The van der Waals surface area contributed by atoms with Crippen LogP contribution in [0, 0.1) is 0 Å². The molecule has 0 saturated carbocycles. The number of halogens is 1. The molecule has 0 radical (unpaired) electrons. The fourth-order valence-corrected chi connectivity index (χ4v) is 3.23. The van der Waals surface area contributed by atoms with Gasteiger partial charge in [0.15, 0.2) is 0 Å². The highest BCUT2D eigenvalue weighted by Gasteiger charge is 2.30. The van der Waals surface area contributed by atoms with Crippen molar-refractivity contribution in [3.05, 3.63) is 102 Å². The number of hydrogen-bond acceptors (Lipinski definition) is 1. The molecule has 0 aliphatic heterocycles. The van der Waals surface area contributed by atoms with E-state index < -0.39 is 0 Å². The minimum atomic E-state index is -0.268. The number of rotatable bonds is 3. The van der Waals surface area contributed by atoms with Gasteiger partial charge in [-0.25, -0.2) is 0 Å². The van der Waals surface area contributed by atoms with E-state index >= 15 is 0 Å². The first-order chi connectivity index (χ1) is 10.2. The average molecular weight is 372 g/mol. The van der Waals surface area contributed by atoms with E-state index in [0.29, 0.717) is 0 Å². The van der Waals surface area contributed by atoms with E-state index in [-0.39, 0.29) is 22.1 Å². The van der Waals surface area contributed by atoms with Crippen molar-refractivity contribution in [3.8, 4) is 0 Å². The summed E-state index contributed by atoms with van der Waals surface area (Å²) in [5.74, 6) is 0. The normalized spacial score (nSPS) is 10.8. The Hall–Kier alpha value is -1.63. The van der Waals surface area contributed by atoms with Gasteiger partial charge in [-0.05, 0) is 28.8 Å². The molecule has 0 amide bonds. The lowest BCUT2D eigenvalue weighted by Gasteiger charge is -2.31. The van der Waals surface area contributed by atoms with E-state index in [1.165, 1.54) is 16.7 Å². The van der Waals surface area contributed by atoms with Crippen molar-refractivity contribution in [2.75, 3.05) is 5.73 Å². The summed E-state index contributed by atoms with van der Waals surface area (Å²) in [5.41, 5.74) is 10.3. The Kier molecular flexibility index (Phi) is 5.39. The lowest BCUT2D eigenvalue weighted by atomic mass is 9.84. The summed E-state index contributed by atoms with van der Waals surface area (Å²) >= 11 is 0. The molecule has 0 aliphatic rings. The molecular formula is C19H19BrNP. The summed E-state index contributed by atoms with van der Waals surface area (Å²) < 4.78 is 0. The van der Waals surface area contributed by atoms with Crippen molar-refractivity contribution in [2.45, 2.75) is 5.16 Å². The molecule has 0 saturated heterocycles. The fourth-order valence-electron chi connectivity index (χ4n) is 2.65. The highest BCUT2D eigenvalue weighted by atomic mass is 79.9.